The molecule has 1 fully saturated rings. The van der Waals surface area contributed by atoms with Gasteiger partial charge in [0.25, 0.3) is 0 Å². The van der Waals surface area contributed by atoms with Crippen LogP contribution in [-0.4, -0.2) is 71.2 Å². The number of ether oxygens (including phenoxy) is 3. The maximum Gasteiger partial charge on any atom is 0.409 e. The Morgan fingerprint density at radius 3 is 2.42 bits per heavy atom. The molecule has 0 saturated carbocycles. The van der Waals surface area contributed by atoms with Crippen LogP contribution in [0.1, 0.15) is 6.42 Å². The minimum absolute atomic E-state index is 0.0517. The Morgan fingerprint density at radius 1 is 1.04 bits per heavy atom. The molecule has 24 heavy (non-hydrogen) atoms. The van der Waals surface area contributed by atoms with Crippen molar-refractivity contribution >= 4 is 16.1 Å². The van der Waals surface area contributed by atoms with E-state index in [2.05, 4.69) is 0 Å². The molecule has 0 N–H and O–H groups in total. The summed E-state index contributed by atoms with van der Waals surface area (Å²) in [5.74, 6) is 0.685. The average Bonchev–Trinajstić information content (AvgIpc) is 2.87. The third-order valence-corrected chi connectivity index (χ3v) is 5.80. The summed E-state index contributed by atoms with van der Waals surface area (Å²) < 4.78 is 42.3. The molecule has 1 heterocycles. The van der Waals surface area contributed by atoms with Gasteiger partial charge in [0.1, 0.15) is 16.4 Å². The third kappa shape index (κ3) is 3.73. The van der Waals surface area contributed by atoms with E-state index >= 15 is 0 Å². The number of carbonyl (C=O) groups excluding carboxylic acids is 1. The summed E-state index contributed by atoms with van der Waals surface area (Å²) in [6, 6.07) is 4.64. The smallest absolute Gasteiger partial charge is 0.409 e. The second-order valence-electron chi connectivity index (χ2n) is 5.23. The van der Waals surface area contributed by atoms with Crippen LogP contribution in [-0.2, 0) is 14.8 Å². The molecule has 9 heteroatoms. The minimum Gasteiger partial charge on any atom is -0.497 e. The van der Waals surface area contributed by atoms with Crippen molar-refractivity contribution in [2.24, 2.45) is 0 Å². The Balaban J connectivity index is 2.29. The van der Waals surface area contributed by atoms with E-state index < -0.39 is 16.1 Å². The topological polar surface area (TPSA) is 85.4 Å². The Labute approximate surface area is 141 Å². The summed E-state index contributed by atoms with van der Waals surface area (Å²) in [5, 5.41) is 0. The molecule has 1 aliphatic rings. The van der Waals surface area contributed by atoms with Gasteiger partial charge in [-0.25, -0.2) is 13.2 Å². The van der Waals surface area contributed by atoms with Crippen molar-refractivity contribution in [2.45, 2.75) is 11.3 Å². The molecule has 1 aromatic rings. The van der Waals surface area contributed by atoms with Gasteiger partial charge < -0.3 is 19.1 Å². The first-order chi connectivity index (χ1) is 11.4. The lowest BCUT2D eigenvalue weighted by Crippen LogP contribution is -2.37. The number of amides is 1. The molecule has 8 nitrogen and oxygen atoms in total. The van der Waals surface area contributed by atoms with Crippen molar-refractivity contribution in [3.63, 3.8) is 0 Å². The van der Waals surface area contributed by atoms with Crippen LogP contribution in [0, 0.1) is 0 Å². The number of hydrogen-bond acceptors (Lipinski definition) is 6. The van der Waals surface area contributed by atoms with Gasteiger partial charge >= 0.3 is 6.09 Å². The summed E-state index contributed by atoms with van der Waals surface area (Å²) in [6.07, 6.45) is 0.0777. The predicted octanol–water partition coefficient (Wildman–Crippen LogP) is 1.17. The van der Waals surface area contributed by atoms with E-state index in [0.717, 1.165) is 0 Å². The summed E-state index contributed by atoms with van der Waals surface area (Å²) in [4.78, 5) is 13.2. The van der Waals surface area contributed by atoms with Crippen LogP contribution in [0.15, 0.2) is 23.1 Å². The Morgan fingerprint density at radius 2 is 1.79 bits per heavy atom. The van der Waals surface area contributed by atoms with Crippen molar-refractivity contribution in [3.05, 3.63) is 18.2 Å². The number of carbonyl (C=O) groups is 1. The van der Waals surface area contributed by atoms with Crippen molar-refractivity contribution in [2.75, 3.05) is 47.5 Å². The van der Waals surface area contributed by atoms with Crippen LogP contribution in [0.25, 0.3) is 0 Å². The monoisotopic (exact) mass is 358 g/mol. The lowest BCUT2D eigenvalue weighted by atomic mass is 10.3. The molecule has 0 spiro atoms. The molecule has 2 rings (SSSR count). The van der Waals surface area contributed by atoms with E-state index in [0.29, 0.717) is 25.3 Å². The second kappa shape index (κ2) is 7.71. The van der Waals surface area contributed by atoms with Crippen molar-refractivity contribution in [1.29, 1.82) is 0 Å². The number of sulfonamides is 1. The minimum atomic E-state index is -3.77. The van der Waals surface area contributed by atoms with Crippen molar-refractivity contribution in [1.82, 2.24) is 9.21 Å². The number of hydrogen-bond donors (Lipinski definition) is 0. The van der Waals surface area contributed by atoms with E-state index in [-0.39, 0.29) is 23.7 Å². The lowest BCUT2D eigenvalue weighted by molar-refractivity contribution is 0.126. The molecule has 0 atom stereocenters. The van der Waals surface area contributed by atoms with Crippen molar-refractivity contribution in [3.8, 4) is 11.5 Å². The van der Waals surface area contributed by atoms with E-state index in [1.54, 1.807) is 12.1 Å². The number of benzene rings is 1. The van der Waals surface area contributed by atoms with Gasteiger partial charge in [0.15, 0.2) is 0 Å². The molecule has 0 radical (unpaired) electrons. The van der Waals surface area contributed by atoms with Gasteiger partial charge in [0.2, 0.25) is 10.0 Å². The summed E-state index contributed by atoms with van der Waals surface area (Å²) >= 11 is 0. The fourth-order valence-corrected chi connectivity index (χ4v) is 4.21. The maximum absolute atomic E-state index is 13.0. The zero-order valence-electron chi connectivity index (χ0n) is 14.0. The zero-order chi connectivity index (χ0) is 17.7. The maximum atomic E-state index is 13.0. The van der Waals surface area contributed by atoms with Crippen LogP contribution in [0.2, 0.25) is 0 Å². The molecule has 0 unspecified atom stereocenters. The Kier molecular flexibility index (Phi) is 5.89. The largest absolute Gasteiger partial charge is 0.497 e. The van der Waals surface area contributed by atoms with Gasteiger partial charge in [-0.15, -0.1) is 0 Å². The Hall–Kier alpha value is -2.00. The first-order valence-corrected chi connectivity index (χ1v) is 8.93. The standard InChI is InChI=1S/C15H22N2O6S/c1-21-12-5-6-13(22-2)14(11-12)24(19,20)17-8-4-7-16(9-10-17)15(18)23-3/h5-6,11H,4,7-10H2,1-3H3. The van der Waals surface area contributed by atoms with Crippen LogP contribution in [0.4, 0.5) is 4.79 Å². The lowest BCUT2D eigenvalue weighted by Gasteiger charge is -2.22. The predicted molar refractivity (Wildman–Crippen MR) is 86.9 cm³/mol. The van der Waals surface area contributed by atoms with Gasteiger partial charge in [-0.05, 0) is 18.6 Å². The molecule has 0 aromatic heterocycles. The normalized spacial score (nSPS) is 16.4. The zero-order valence-corrected chi connectivity index (χ0v) is 14.8. The number of methoxy groups -OCH3 is 3. The second-order valence-corrected chi connectivity index (χ2v) is 7.14. The molecule has 1 saturated heterocycles. The van der Waals surface area contributed by atoms with E-state index in [4.69, 9.17) is 14.2 Å². The van der Waals surface area contributed by atoms with E-state index in [1.165, 1.54) is 36.6 Å². The van der Waals surface area contributed by atoms with Crippen LogP contribution in [0.3, 0.4) is 0 Å². The molecule has 1 amide bonds. The highest BCUT2D eigenvalue weighted by Crippen LogP contribution is 2.31. The molecule has 1 aliphatic heterocycles. The first kappa shape index (κ1) is 18.3. The SMILES string of the molecule is COC(=O)N1CCCN(S(=O)(=O)c2cc(OC)ccc2OC)CC1. The summed E-state index contributed by atoms with van der Waals surface area (Å²) in [6.45, 7) is 1.24. The van der Waals surface area contributed by atoms with E-state index in [1.807, 2.05) is 0 Å². The van der Waals surface area contributed by atoms with E-state index in [9.17, 15) is 13.2 Å². The summed E-state index contributed by atoms with van der Waals surface area (Å²) in [7, 11) is 0.431. The molecule has 0 bridgehead atoms. The third-order valence-electron chi connectivity index (χ3n) is 3.88. The number of rotatable bonds is 4. The van der Waals surface area contributed by atoms with Crippen LogP contribution in [0.5, 0.6) is 11.5 Å². The van der Waals surface area contributed by atoms with Crippen LogP contribution >= 0.6 is 0 Å². The highest BCUT2D eigenvalue weighted by molar-refractivity contribution is 7.89. The first-order valence-electron chi connectivity index (χ1n) is 7.49. The molecular weight excluding hydrogens is 336 g/mol. The quantitative estimate of drug-likeness (QED) is 0.803. The van der Waals surface area contributed by atoms with Gasteiger partial charge in [0.05, 0.1) is 21.3 Å². The van der Waals surface area contributed by atoms with Gasteiger partial charge in [0, 0.05) is 32.2 Å². The van der Waals surface area contributed by atoms with Gasteiger partial charge in [-0.1, -0.05) is 0 Å². The van der Waals surface area contributed by atoms with Crippen molar-refractivity contribution < 1.29 is 27.4 Å². The summed E-state index contributed by atoms with van der Waals surface area (Å²) in [5.41, 5.74) is 0. The highest BCUT2D eigenvalue weighted by Gasteiger charge is 2.31. The van der Waals surface area contributed by atoms with Crippen LogP contribution < -0.4 is 9.47 Å². The molecule has 0 aliphatic carbocycles. The van der Waals surface area contributed by atoms with Gasteiger partial charge in [-0.3, -0.25) is 0 Å². The molecule has 1 aromatic carbocycles. The Bertz CT molecular complexity index is 691. The highest BCUT2D eigenvalue weighted by atomic mass is 32.2. The molecule has 134 valence electrons. The number of nitrogens with zero attached hydrogens (tertiary/aromatic N) is 2. The molecular formula is C15H22N2O6S. The average molecular weight is 358 g/mol. The fourth-order valence-electron chi connectivity index (χ4n) is 2.57. The van der Waals surface area contributed by atoms with Gasteiger partial charge in [-0.2, -0.15) is 4.31 Å². The fraction of sp³-hybridized carbons (Fsp3) is 0.533.